The lowest BCUT2D eigenvalue weighted by molar-refractivity contribution is -0.137. The zero-order valence-corrected chi connectivity index (χ0v) is 10.2. The van der Waals surface area contributed by atoms with E-state index in [2.05, 4.69) is 11.9 Å². The highest BCUT2D eigenvalue weighted by Crippen LogP contribution is 2.12. The molecule has 0 aliphatic carbocycles. The van der Waals surface area contributed by atoms with Gasteiger partial charge in [0, 0.05) is 17.5 Å². The third kappa shape index (κ3) is 5.02. The molecule has 0 aliphatic rings. The third-order valence-electron chi connectivity index (χ3n) is 1.97. The Morgan fingerprint density at radius 2 is 2.06 bits per heavy atom. The van der Waals surface area contributed by atoms with Gasteiger partial charge in [-0.2, -0.15) is 0 Å². The zero-order valence-electron chi connectivity index (χ0n) is 10.2. The van der Waals surface area contributed by atoms with Gasteiger partial charge in [-0.3, -0.25) is 0 Å². The summed E-state index contributed by atoms with van der Waals surface area (Å²) in [5.41, 5.74) is 2.82. The fourth-order valence-corrected chi connectivity index (χ4v) is 1.28. The maximum atomic E-state index is 11.1. The molecule has 3 nitrogen and oxygen atoms in total. The van der Waals surface area contributed by atoms with Gasteiger partial charge < -0.3 is 10.1 Å². The van der Waals surface area contributed by atoms with Crippen LogP contribution in [0.3, 0.4) is 0 Å². The van der Waals surface area contributed by atoms with Gasteiger partial charge >= 0.3 is 5.97 Å². The van der Waals surface area contributed by atoms with Gasteiger partial charge in [0.2, 0.25) is 0 Å². The van der Waals surface area contributed by atoms with Crippen molar-refractivity contribution in [3.05, 3.63) is 48.2 Å². The van der Waals surface area contributed by atoms with Gasteiger partial charge in [0.15, 0.2) is 0 Å². The molecule has 0 fully saturated rings. The second kappa shape index (κ2) is 6.53. The first kappa shape index (κ1) is 13.0. The van der Waals surface area contributed by atoms with Crippen molar-refractivity contribution in [2.45, 2.75) is 13.8 Å². The Kier molecular flexibility index (Phi) is 5.01. The van der Waals surface area contributed by atoms with Gasteiger partial charge in [-0.05, 0) is 37.6 Å². The van der Waals surface area contributed by atoms with E-state index >= 15 is 0 Å². The van der Waals surface area contributed by atoms with Crippen LogP contribution in [0.15, 0.2) is 42.6 Å². The molecule has 0 aliphatic heterocycles. The number of rotatable bonds is 5. The molecule has 1 rings (SSSR count). The fourth-order valence-electron chi connectivity index (χ4n) is 1.28. The van der Waals surface area contributed by atoms with Gasteiger partial charge in [0.1, 0.15) is 0 Å². The largest absolute Gasteiger partial charge is 0.463 e. The summed E-state index contributed by atoms with van der Waals surface area (Å²) in [5.74, 6) is -0.323. The van der Waals surface area contributed by atoms with Crippen molar-refractivity contribution in [1.82, 2.24) is 0 Å². The summed E-state index contributed by atoms with van der Waals surface area (Å²) in [4.78, 5) is 11.1. The van der Waals surface area contributed by atoms with Crippen LogP contribution >= 0.6 is 0 Å². The van der Waals surface area contributed by atoms with Crippen molar-refractivity contribution in [3.63, 3.8) is 0 Å². The molecule has 0 unspecified atom stereocenters. The zero-order chi connectivity index (χ0) is 12.7. The minimum atomic E-state index is -0.323. The van der Waals surface area contributed by atoms with Gasteiger partial charge in [0.05, 0.1) is 6.61 Å². The molecule has 0 spiro atoms. The molecule has 0 heterocycles. The van der Waals surface area contributed by atoms with E-state index in [-0.39, 0.29) is 5.97 Å². The van der Waals surface area contributed by atoms with E-state index in [9.17, 15) is 4.79 Å². The summed E-state index contributed by atoms with van der Waals surface area (Å²) in [5, 5.41) is 3.11. The normalized spacial score (nSPS) is 10.2. The van der Waals surface area contributed by atoms with Crippen molar-refractivity contribution in [1.29, 1.82) is 0 Å². The van der Waals surface area contributed by atoms with Crippen molar-refractivity contribution in [2.24, 2.45) is 0 Å². The molecule has 17 heavy (non-hydrogen) atoms. The van der Waals surface area contributed by atoms with Crippen molar-refractivity contribution in [2.75, 3.05) is 11.9 Å². The predicted octanol–water partition coefficient (Wildman–Crippen LogP) is 3.21. The number of ether oxygens (including phenoxy) is 1. The SMILES string of the molecule is C=C(C)Nc1ccc(/C=C/C(=O)OCC)cc1. The molecule has 0 saturated heterocycles. The Bertz CT molecular complexity index is 418. The van der Waals surface area contributed by atoms with Gasteiger partial charge in [-0.1, -0.05) is 18.7 Å². The maximum absolute atomic E-state index is 11.1. The summed E-state index contributed by atoms with van der Waals surface area (Å²) in [6, 6.07) is 7.70. The monoisotopic (exact) mass is 231 g/mol. The van der Waals surface area contributed by atoms with Crippen LogP contribution in [0.1, 0.15) is 19.4 Å². The minimum Gasteiger partial charge on any atom is -0.463 e. The molecule has 90 valence electrons. The molecule has 1 aromatic carbocycles. The number of anilines is 1. The van der Waals surface area contributed by atoms with E-state index in [0.717, 1.165) is 16.9 Å². The Morgan fingerprint density at radius 1 is 1.41 bits per heavy atom. The molecule has 0 aromatic heterocycles. The second-order valence-electron chi connectivity index (χ2n) is 3.61. The van der Waals surface area contributed by atoms with Gasteiger partial charge in [-0.25, -0.2) is 4.79 Å². The highest BCUT2D eigenvalue weighted by Gasteiger charge is 1.95. The molecule has 0 amide bonds. The molecule has 1 N–H and O–H groups in total. The molecule has 0 saturated carbocycles. The van der Waals surface area contributed by atoms with E-state index in [4.69, 9.17) is 4.74 Å². The van der Waals surface area contributed by atoms with Crippen molar-refractivity contribution >= 4 is 17.7 Å². The Morgan fingerprint density at radius 3 is 2.59 bits per heavy atom. The van der Waals surface area contributed by atoms with Crippen LogP contribution in [0.4, 0.5) is 5.69 Å². The lowest BCUT2D eigenvalue weighted by atomic mass is 10.2. The fraction of sp³-hybridized carbons (Fsp3) is 0.214. The molecule has 0 radical (unpaired) electrons. The second-order valence-corrected chi connectivity index (χ2v) is 3.61. The number of carbonyl (C=O) groups excluding carboxylic acids is 1. The molecule has 0 bridgehead atoms. The van der Waals surface area contributed by atoms with Crippen LogP contribution in [0.2, 0.25) is 0 Å². The quantitative estimate of drug-likeness (QED) is 0.624. The highest BCUT2D eigenvalue weighted by molar-refractivity contribution is 5.87. The number of hydrogen-bond acceptors (Lipinski definition) is 3. The molecule has 1 aromatic rings. The van der Waals surface area contributed by atoms with Crippen molar-refractivity contribution in [3.8, 4) is 0 Å². The van der Waals surface area contributed by atoms with E-state index in [0.29, 0.717) is 6.61 Å². The number of carbonyl (C=O) groups is 1. The molecular weight excluding hydrogens is 214 g/mol. The smallest absolute Gasteiger partial charge is 0.330 e. The van der Waals surface area contributed by atoms with Gasteiger partial charge in [0.25, 0.3) is 0 Å². The van der Waals surface area contributed by atoms with E-state index in [1.54, 1.807) is 13.0 Å². The first-order valence-corrected chi connectivity index (χ1v) is 5.49. The van der Waals surface area contributed by atoms with Crippen LogP contribution in [0.5, 0.6) is 0 Å². The van der Waals surface area contributed by atoms with Crippen LogP contribution in [-0.2, 0) is 9.53 Å². The lowest BCUT2D eigenvalue weighted by Crippen LogP contribution is -1.98. The standard InChI is InChI=1S/C14H17NO2/c1-4-17-14(16)10-7-12-5-8-13(9-6-12)15-11(2)3/h5-10,15H,2,4H2,1,3H3/b10-7+. The average Bonchev–Trinajstić information content (AvgIpc) is 2.28. The Hall–Kier alpha value is -2.03. The number of allylic oxidation sites excluding steroid dienone is 1. The van der Waals surface area contributed by atoms with Gasteiger partial charge in [-0.15, -0.1) is 0 Å². The van der Waals surface area contributed by atoms with Crippen LogP contribution in [-0.4, -0.2) is 12.6 Å². The first-order valence-electron chi connectivity index (χ1n) is 5.49. The summed E-state index contributed by atoms with van der Waals surface area (Å²) >= 11 is 0. The predicted molar refractivity (Wildman–Crippen MR) is 70.5 cm³/mol. The summed E-state index contributed by atoms with van der Waals surface area (Å²) in [7, 11) is 0. The van der Waals surface area contributed by atoms with Crippen LogP contribution in [0.25, 0.3) is 6.08 Å². The Labute approximate surface area is 102 Å². The number of benzene rings is 1. The maximum Gasteiger partial charge on any atom is 0.330 e. The third-order valence-corrected chi connectivity index (χ3v) is 1.97. The van der Waals surface area contributed by atoms with Crippen molar-refractivity contribution < 1.29 is 9.53 Å². The Balaban J connectivity index is 2.62. The number of hydrogen-bond donors (Lipinski definition) is 1. The molecule has 3 heteroatoms. The average molecular weight is 231 g/mol. The minimum absolute atomic E-state index is 0.323. The first-order chi connectivity index (χ1) is 8.11. The molecular formula is C14H17NO2. The summed E-state index contributed by atoms with van der Waals surface area (Å²) in [6.07, 6.45) is 3.15. The molecule has 0 atom stereocenters. The summed E-state index contributed by atoms with van der Waals surface area (Å²) < 4.78 is 4.79. The van der Waals surface area contributed by atoms with Crippen LogP contribution < -0.4 is 5.32 Å². The highest BCUT2D eigenvalue weighted by atomic mass is 16.5. The number of nitrogens with one attached hydrogen (secondary N) is 1. The summed E-state index contributed by atoms with van der Waals surface area (Å²) in [6.45, 7) is 7.84. The van der Waals surface area contributed by atoms with E-state index in [1.807, 2.05) is 31.2 Å². The van der Waals surface area contributed by atoms with Crippen LogP contribution in [0, 0.1) is 0 Å². The van der Waals surface area contributed by atoms with E-state index in [1.165, 1.54) is 6.08 Å². The number of esters is 1. The topological polar surface area (TPSA) is 38.3 Å². The lowest BCUT2D eigenvalue weighted by Gasteiger charge is -2.04. The van der Waals surface area contributed by atoms with E-state index < -0.39 is 0 Å².